The fourth-order valence-corrected chi connectivity index (χ4v) is 1.92. The van der Waals surface area contributed by atoms with E-state index in [9.17, 15) is 14.9 Å². The maximum Gasteiger partial charge on any atom is 0.338 e. The third-order valence-electron chi connectivity index (χ3n) is 2.75. The van der Waals surface area contributed by atoms with Crippen molar-refractivity contribution in [3.8, 4) is 0 Å². The molecule has 1 heterocycles. The molecule has 114 valence electrons. The molecule has 0 amide bonds. The molecule has 0 saturated heterocycles. The van der Waals surface area contributed by atoms with E-state index in [0.717, 1.165) is 6.07 Å². The molecule has 1 aromatic heterocycles. The maximum atomic E-state index is 11.6. The highest BCUT2D eigenvalue weighted by Gasteiger charge is 2.19. The van der Waals surface area contributed by atoms with Gasteiger partial charge in [-0.05, 0) is 25.1 Å². The summed E-state index contributed by atoms with van der Waals surface area (Å²) in [5, 5.41) is 14.4. The number of hydrogen-bond donors (Lipinski definition) is 1. The van der Waals surface area contributed by atoms with Crippen molar-refractivity contribution in [1.29, 1.82) is 0 Å². The molecule has 0 fully saturated rings. The molecule has 2 aromatic rings. The highest BCUT2D eigenvalue weighted by atomic mass is 35.5. The molecule has 0 atom stereocenters. The van der Waals surface area contributed by atoms with Crippen LogP contribution < -0.4 is 5.32 Å². The minimum absolute atomic E-state index is 0.111. The molecule has 22 heavy (non-hydrogen) atoms. The first-order valence-electron chi connectivity index (χ1n) is 6.35. The number of rotatable bonds is 5. The Hall–Kier alpha value is -2.67. The van der Waals surface area contributed by atoms with Crippen LogP contribution in [0, 0.1) is 10.1 Å². The molecule has 8 heteroatoms. The van der Waals surface area contributed by atoms with Crippen molar-refractivity contribution in [3.05, 3.63) is 57.4 Å². The summed E-state index contributed by atoms with van der Waals surface area (Å²) in [6.07, 6.45) is 2.93. The summed E-state index contributed by atoms with van der Waals surface area (Å²) < 4.78 is 4.83. The van der Waals surface area contributed by atoms with Gasteiger partial charge in [0.25, 0.3) is 5.69 Å². The summed E-state index contributed by atoms with van der Waals surface area (Å²) in [5.41, 5.74) is 0.549. The zero-order chi connectivity index (χ0) is 16.1. The summed E-state index contributed by atoms with van der Waals surface area (Å²) in [7, 11) is 0. The SMILES string of the molecule is CCOC(=O)c1ccc(Nc2ccncc2Cl)c([N+](=O)[O-])c1. The van der Waals surface area contributed by atoms with Gasteiger partial charge in [0.05, 0.1) is 27.8 Å². The van der Waals surface area contributed by atoms with E-state index < -0.39 is 10.9 Å². The van der Waals surface area contributed by atoms with Crippen LogP contribution in [-0.4, -0.2) is 22.5 Å². The molecule has 1 aromatic carbocycles. The van der Waals surface area contributed by atoms with Crippen LogP contribution in [0.3, 0.4) is 0 Å². The lowest BCUT2D eigenvalue weighted by molar-refractivity contribution is -0.383. The molecule has 0 aliphatic heterocycles. The Balaban J connectivity index is 2.38. The van der Waals surface area contributed by atoms with Crippen molar-refractivity contribution in [1.82, 2.24) is 4.98 Å². The molecule has 0 aliphatic rings. The Morgan fingerprint density at radius 3 is 2.82 bits per heavy atom. The van der Waals surface area contributed by atoms with Gasteiger partial charge in [-0.15, -0.1) is 0 Å². The van der Waals surface area contributed by atoms with Gasteiger partial charge in [0, 0.05) is 18.5 Å². The fourth-order valence-electron chi connectivity index (χ4n) is 1.75. The topological polar surface area (TPSA) is 94.4 Å². The van der Waals surface area contributed by atoms with Crippen LogP contribution in [0.4, 0.5) is 17.1 Å². The first kappa shape index (κ1) is 15.7. The number of carbonyl (C=O) groups excluding carboxylic acids is 1. The van der Waals surface area contributed by atoms with Crippen LogP contribution in [0.5, 0.6) is 0 Å². The van der Waals surface area contributed by atoms with E-state index in [0.29, 0.717) is 10.7 Å². The molecule has 0 radical (unpaired) electrons. The Bertz CT molecular complexity index is 721. The molecular weight excluding hydrogens is 310 g/mol. The maximum absolute atomic E-state index is 11.6. The lowest BCUT2D eigenvalue weighted by Crippen LogP contribution is -2.06. The smallest absolute Gasteiger partial charge is 0.338 e. The normalized spacial score (nSPS) is 10.1. The first-order valence-corrected chi connectivity index (χ1v) is 6.72. The van der Waals surface area contributed by atoms with Crippen molar-refractivity contribution >= 4 is 34.6 Å². The van der Waals surface area contributed by atoms with Gasteiger partial charge in [-0.25, -0.2) is 4.79 Å². The Kier molecular flexibility index (Phi) is 4.90. The number of nitro benzene ring substituents is 1. The summed E-state index contributed by atoms with van der Waals surface area (Å²) >= 11 is 5.96. The lowest BCUT2D eigenvalue weighted by Gasteiger charge is -2.09. The zero-order valence-corrected chi connectivity index (χ0v) is 12.3. The summed E-state index contributed by atoms with van der Waals surface area (Å²) in [6.45, 7) is 1.85. The number of halogens is 1. The van der Waals surface area contributed by atoms with Crippen LogP contribution in [0.1, 0.15) is 17.3 Å². The van der Waals surface area contributed by atoms with Gasteiger partial charge in [-0.1, -0.05) is 11.6 Å². The molecule has 0 aliphatic carbocycles. The van der Waals surface area contributed by atoms with Crippen LogP contribution >= 0.6 is 11.6 Å². The molecule has 0 spiro atoms. The van der Waals surface area contributed by atoms with Gasteiger partial charge < -0.3 is 10.1 Å². The van der Waals surface area contributed by atoms with E-state index in [-0.39, 0.29) is 23.5 Å². The summed E-state index contributed by atoms with van der Waals surface area (Å²) in [4.78, 5) is 26.1. The molecule has 1 N–H and O–H groups in total. The molecule has 0 bridgehead atoms. The van der Waals surface area contributed by atoms with Gasteiger partial charge in [0.15, 0.2) is 0 Å². The quantitative estimate of drug-likeness (QED) is 0.514. The number of nitro groups is 1. The Morgan fingerprint density at radius 2 is 2.18 bits per heavy atom. The molecule has 7 nitrogen and oxygen atoms in total. The van der Waals surface area contributed by atoms with Crippen LogP contribution in [0.25, 0.3) is 0 Å². The van der Waals surface area contributed by atoms with Crippen LogP contribution in [0.15, 0.2) is 36.7 Å². The highest BCUT2D eigenvalue weighted by Crippen LogP contribution is 2.31. The molecule has 0 unspecified atom stereocenters. The third kappa shape index (κ3) is 3.50. The minimum atomic E-state index is -0.612. The largest absolute Gasteiger partial charge is 0.462 e. The minimum Gasteiger partial charge on any atom is -0.462 e. The molecular formula is C14H12ClN3O4. The van der Waals surface area contributed by atoms with Gasteiger partial charge in [0.1, 0.15) is 5.69 Å². The van der Waals surface area contributed by atoms with Gasteiger partial charge >= 0.3 is 5.97 Å². The average Bonchev–Trinajstić information content (AvgIpc) is 2.50. The number of anilines is 2. The van der Waals surface area contributed by atoms with Crippen molar-refractivity contribution < 1.29 is 14.5 Å². The van der Waals surface area contributed by atoms with Gasteiger partial charge in [0.2, 0.25) is 0 Å². The average molecular weight is 322 g/mol. The third-order valence-corrected chi connectivity index (χ3v) is 3.05. The summed E-state index contributed by atoms with van der Waals surface area (Å²) in [6, 6.07) is 5.63. The standard InChI is InChI=1S/C14H12ClN3O4/c1-2-22-14(19)9-3-4-12(13(7-9)18(20)21)17-11-5-6-16-8-10(11)15/h3-8H,2H2,1H3,(H,16,17). The number of ether oxygens (including phenoxy) is 1. The predicted molar refractivity (Wildman–Crippen MR) is 81.6 cm³/mol. The number of aromatic nitrogens is 1. The zero-order valence-electron chi connectivity index (χ0n) is 11.6. The van der Waals surface area contributed by atoms with E-state index in [1.54, 1.807) is 13.0 Å². The number of benzene rings is 1. The monoisotopic (exact) mass is 321 g/mol. The van der Waals surface area contributed by atoms with E-state index in [1.165, 1.54) is 24.5 Å². The number of pyridine rings is 1. The molecule has 2 rings (SSSR count). The van der Waals surface area contributed by atoms with Crippen molar-refractivity contribution in [3.63, 3.8) is 0 Å². The van der Waals surface area contributed by atoms with Crippen molar-refractivity contribution in [2.45, 2.75) is 6.92 Å². The van der Waals surface area contributed by atoms with Crippen LogP contribution in [-0.2, 0) is 4.74 Å². The number of carbonyl (C=O) groups is 1. The van der Waals surface area contributed by atoms with Gasteiger partial charge in [-0.2, -0.15) is 0 Å². The van der Waals surface area contributed by atoms with Crippen LogP contribution in [0.2, 0.25) is 5.02 Å². The second kappa shape index (κ2) is 6.86. The number of esters is 1. The second-order valence-electron chi connectivity index (χ2n) is 4.19. The lowest BCUT2D eigenvalue weighted by atomic mass is 10.1. The van der Waals surface area contributed by atoms with Gasteiger partial charge in [-0.3, -0.25) is 15.1 Å². The van der Waals surface area contributed by atoms with E-state index in [1.807, 2.05) is 0 Å². The number of nitrogens with one attached hydrogen (secondary N) is 1. The second-order valence-corrected chi connectivity index (χ2v) is 4.60. The fraction of sp³-hybridized carbons (Fsp3) is 0.143. The van der Waals surface area contributed by atoms with Crippen molar-refractivity contribution in [2.24, 2.45) is 0 Å². The van der Waals surface area contributed by atoms with E-state index in [4.69, 9.17) is 16.3 Å². The highest BCUT2D eigenvalue weighted by molar-refractivity contribution is 6.33. The molecule has 0 saturated carbocycles. The predicted octanol–water partition coefficient (Wildman–Crippen LogP) is 3.56. The Labute approximate surface area is 131 Å². The van der Waals surface area contributed by atoms with Crippen molar-refractivity contribution in [2.75, 3.05) is 11.9 Å². The number of hydrogen-bond acceptors (Lipinski definition) is 6. The first-order chi connectivity index (χ1) is 10.5. The summed E-state index contributed by atoms with van der Waals surface area (Å²) in [5.74, 6) is -0.612. The number of nitrogens with zero attached hydrogens (tertiary/aromatic N) is 2. The van der Waals surface area contributed by atoms with E-state index >= 15 is 0 Å². The van der Waals surface area contributed by atoms with E-state index in [2.05, 4.69) is 10.3 Å². The Morgan fingerprint density at radius 1 is 1.41 bits per heavy atom.